The number of hydrogen-bond acceptors (Lipinski definition) is 5. The van der Waals surface area contributed by atoms with Crippen molar-refractivity contribution in [2.24, 2.45) is 0 Å². The first-order valence-corrected chi connectivity index (χ1v) is 10.6. The quantitative estimate of drug-likeness (QED) is 0.461. The SMILES string of the molecule is Cc1cccc(-n2c(SCC(=O)NCc3ccccc3)nnc2-c2ccncc2)c1. The summed E-state index contributed by atoms with van der Waals surface area (Å²) in [5.41, 5.74) is 4.08. The molecule has 2 heterocycles. The number of benzene rings is 2. The third-order valence-electron chi connectivity index (χ3n) is 4.50. The van der Waals surface area contributed by atoms with Gasteiger partial charge in [-0.25, -0.2) is 0 Å². The van der Waals surface area contributed by atoms with Gasteiger partial charge >= 0.3 is 0 Å². The van der Waals surface area contributed by atoms with Crippen LogP contribution >= 0.6 is 11.8 Å². The molecule has 0 aliphatic rings. The Morgan fingerprint density at radius 1 is 1.00 bits per heavy atom. The molecule has 0 bridgehead atoms. The molecule has 0 fully saturated rings. The minimum Gasteiger partial charge on any atom is -0.351 e. The van der Waals surface area contributed by atoms with Gasteiger partial charge in [-0.3, -0.25) is 14.3 Å². The maximum absolute atomic E-state index is 12.4. The van der Waals surface area contributed by atoms with Crippen LogP contribution in [-0.4, -0.2) is 31.4 Å². The number of aromatic nitrogens is 4. The van der Waals surface area contributed by atoms with Crippen LogP contribution in [0.15, 0.2) is 84.3 Å². The highest BCUT2D eigenvalue weighted by atomic mass is 32.2. The Hall–Kier alpha value is -3.45. The smallest absolute Gasteiger partial charge is 0.230 e. The van der Waals surface area contributed by atoms with Crippen LogP contribution in [-0.2, 0) is 11.3 Å². The number of aryl methyl sites for hydroxylation is 1. The van der Waals surface area contributed by atoms with Crippen LogP contribution in [0.3, 0.4) is 0 Å². The molecule has 0 saturated heterocycles. The Morgan fingerprint density at radius 3 is 2.57 bits per heavy atom. The average molecular weight is 416 g/mol. The molecule has 4 rings (SSSR count). The lowest BCUT2D eigenvalue weighted by Gasteiger charge is -2.11. The maximum Gasteiger partial charge on any atom is 0.230 e. The van der Waals surface area contributed by atoms with Crippen molar-refractivity contribution in [1.29, 1.82) is 0 Å². The van der Waals surface area contributed by atoms with E-state index in [1.165, 1.54) is 11.8 Å². The van der Waals surface area contributed by atoms with Gasteiger partial charge in [0.05, 0.1) is 5.75 Å². The molecule has 6 nitrogen and oxygen atoms in total. The molecule has 0 aliphatic heterocycles. The Kier molecular flexibility index (Phi) is 6.20. The average Bonchev–Trinajstić information content (AvgIpc) is 3.21. The third-order valence-corrected chi connectivity index (χ3v) is 5.43. The zero-order valence-corrected chi connectivity index (χ0v) is 17.3. The minimum atomic E-state index is -0.0480. The van der Waals surface area contributed by atoms with E-state index in [-0.39, 0.29) is 11.7 Å². The number of carbonyl (C=O) groups excluding carboxylic acids is 1. The Labute approximate surface area is 179 Å². The van der Waals surface area contributed by atoms with E-state index in [1.54, 1.807) is 12.4 Å². The molecule has 0 atom stereocenters. The summed E-state index contributed by atoms with van der Waals surface area (Å²) in [6.45, 7) is 2.55. The van der Waals surface area contributed by atoms with Crippen molar-refractivity contribution in [3.8, 4) is 17.1 Å². The second-order valence-electron chi connectivity index (χ2n) is 6.77. The fourth-order valence-corrected chi connectivity index (χ4v) is 3.81. The molecule has 0 spiro atoms. The maximum atomic E-state index is 12.4. The van der Waals surface area contributed by atoms with Crippen molar-refractivity contribution in [3.05, 3.63) is 90.3 Å². The summed E-state index contributed by atoms with van der Waals surface area (Å²) in [7, 11) is 0. The first-order chi connectivity index (χ1) is 14.7. The van der Waals surface area contributed by atoms with Crippen LogP contribution in [0.2, 0.25) is 0 Å². The van der Waals surface area contributed by atoms with E-state index in [4.69, 9.17) is 0 Å². The minimum absolute atomic E-state index is 0.0480. The van der Waals surface area contributed by atoms with Crippen LogP contribution in [0, 0.1) is 6.92 Å². The molecule has 1 N–H and O–H groups in total. The fourth-order valence-electron chi connectivity index (χ4n) is 3.03. The molecule has 2 aromatic heterocycles. The molecule has 4 aromatic rings. The normalized spacial score (nSPS) is 10.7. The highest BCUT2D eigenvalue weighted by Gasteiger charge is 2.17. The fraction of sp³-hybridized carbons (Fsp3) is 0.130. The van der Waals surface area contributed by atoms with Gasteiger partial charge in [-0.2, -0.15) is 0 Å². The van der Waals surface area contributed by atoms with Crippen molar-refractivity contribution in [1.82, 2.24) is 25.1 Å². The summed E-state index contributed by atoms with van der Waals surface area (Å²) in [5.74, 6) is 0.927. The van der Waals surface area contributed by atoms with Gasteiger partial charge in [0.15, 0.2) is 11.0 Å². The predicted octanol–water partition coefficient (Wildman–Crippen LogP) is 4.05. The molecule has 0 saturated carbocycles. The molecule has 7 heteroatoms. The molecule has 0 unspecified atom stereocenters. The van der Waals surface area contributed by atoms with Gasteiger partial charge in [0, 0.05) is 30.2 Å². The number of hydrogen-bond donors (Lipinski definition) is 1. The van der Waals surface area contributed by atoms with Crippen LogP contribution in [0.1, 0.15) is 11.1 Å². The molecule has 2 aromatic carbocycles. The van der Waals surface area contributed by atoms with Crippen LogP contribution in [0.4, 0.5) is 0 Å². The Bertz CT molecular complexity index is 1130. The largest absolute Gasteiger partial charge is 0.351 e. The number of pyridine rings is 1. The zero-order valence-electron chi connectivity index (χ0n) is 16.5. The predicted molar refractivity (Wildman–Crippen MR) is 118 cm³/mol. The van der Waals surface area contributed by atoms with Gasteiger partial charge in [0.1, 0.15) is 0 Å². The van der Waals surface area contributed by atoms with E-state index in [2.05, 4.69) is 26.6 Å². The highest BCUT2D eigenvalue weighted by molar-refractivity contribution is 7.99. The summed E-state index contributed by atoms with van der Waals surface area (Å²) >= 11 is 1.37. The van der Waals surface area contributed by atoms with Gasteiger partial charge in [-0.1, -0.05) is 54.2 Å². The number of carbonyl (C=O) groups is 1. The lowest BCUT2D eigenvalue weighted by Crippen LogP contribution is -2.24. The van der Waals surface area contributed by atoms with Crippen molar-refractivity contribution < 1.29 is 4.79 Å². The number of rotatable bonds is 7. The second kappa shape index (κ2) is 9.37. The summed E-state index contributed by atoms with van der Waals surface area (Å²) in [5, 5.41) is 12.4. The van der Waals surface area contributed by atoms with E-state index < -0.39 is 0 Å². The van der Waals surface area contributed by atoms with E-state index in [9.17, 15) is 4.79 Å². The van der Waals surface area contributed by atoms with Crippen molar-refractivity contribution in [2.45, 2.75) is 18.6 Å². The van der Waals surface area contributed by atoms with Crippen LogP contribution in [0.25, 0.3) is 17.1 Å². The number of nitrogens with zero attached hydrogens (tertiary/aromatic N) is 4. The summed E-state index contributed by atoms with van der Waals surface area (Å²) in [6.07, 6.45) is 3.46. The zero-order chi connectivity index (χ0) is 20.8. The Morgan fingerprint density at radius 2 is 1.80 bits per heavy atom. The first kappa shape index (κ1) is 19.8. The molecule has 30 heavy (non-hydrogen) atoms. The van der Waals surface area contributed by atoms with E-state index in [0.29, 0.717) is 11.7 Å². The lowest BCUT2D eigenvalue weighted by atomic mass is 10.2. The van der Waals surface area contributed by atoms with Gasteiger partial charge < -0.3 is 5.32 Å². The van der Waals surface area contributed by atoms with Crippen LogP contribution in [0.5, 0.6) is 0 Å². The van der Waals surface area contributed by atoms with Crippen LogP contribution < -0.4 is 5.32 Å². The van der Waals surface area contributed by atoms with Crippen molar-refractivity contribution in [2.75, 3.05) is 5.75 Å². The molecule has 1 amide bonds. The van der Waals surface area contributed by atoms with Crippen molar-refractivity contribution in [3.63, 3.8) is 0 Å². The molecule has 0 aliphatic carbocycles. The number of thioether (sulfide) groups is 1. The number of amides is 1. The molecule has 150 valence electrons. The molecular formula is C23H21N5OS. The first-order valence-electron chi connectivity index (χ1n) is 9.57. The van der Waals surface area contributed by atoms with E-state index in [0.717, 1.165) is 28.2 Å². The second-order valence-corrected chi connectivity index (χ2v) is 7.71. The van der Waals surface area contributed by atoms with Crippen molar-refractivity contribution >= 4 is 17.7 Å². The lowest BCUT2D eigenvalue weighted by molar-refractivity contribution is -0.118. The summed E-state index contributed by atoms with van der Waals surface area (Å²) < 4.78 is 1.98. The standard InChI is InChI=1S/C23H21N5OS/c1-17-6-5-9-20(14-17)28-22(19-10-12-24-13-11-19)26-27-23(28)30-16-21(29)25-15-18-7-3-2-4-8-18/h2-14H,15-16H2,1H3,(H,25,29). The number of nitrogens with one attached hydrogen (secondary N) is 1. The summed E-state index contributed by atoms with van der Waals surface area (Å²) in [6, 6.07) is 21.8. The molecular weight excluding hydrogens is 394 g/mol. The van der Waals surface area contributed by atoms with Gasteiger partial charge in [-0.05, 0) is 42.3 Å². The highest BCUT2D eigenvalue weighted by Crippen LogP contribution is 2.28. The van der Waals surface area contributed by atoms with Gasteiger partial charge in [-0.15, -0.1) is 10.2 Å². The Balaban J connectivity index is 1.54. The monoisotopic (exact) mass is 415 g/mol. The van der Waals surface area contributed by atoms with E-state index >= 15 is 0 Å². The topological polar surface area (TPSA) is 72.7 Å². The van der Waals surface area contributed by atoms with Gasteiger partial charge in [0.2, 0.25) is 5.91 Å². The third kappa shape index (κ3) is 4.75. The van der Waals surface area contributed by atoms with Gasteiger partial charge in [0.25, 0.3) is 0 Å². The summed E-state index contributed by atoms with van der Waals surface area (Å²) in [4.78, 5) is 16.5. The van der Waals surface area contributed by atoms with E-state index in [1.807, 2.05) is 72.2 Å². The molecule has 0 radical (unpaired) electrons.